The normalized spacial score (nSPS) is 15.0. The van der Waals surface area contributed by atoms with Gasteiger partial charge in [0.15, 0.2) is 11.6 Å². The molecule has 0 bridgehead atoms. The number of carbonyl (C=O) groups excluding carboxylic acids is 1. The molecule has 0 aliphatic carbocycles. The number of aromatic nitrogens is 2. The molecule has 1 saturated heterocycles. The van der Waals surface area contributed by atoms with Crippen LogP contribution in [0.15, 0.2) is 42.6 Å². The number of rotatable bonds is 9. The van der Waals surface area contributed by atoms with Gasteiger partial charge in [-0.2, -0.15) is 4.98 Å². The molecule has 3 aromatic rings. The van der Waals surface area contributed by atoms with E-state index >= 15 is 0 Å². The molecule has 220 valence electrons. The standard InChI is InChI=1S/C28H33Cl2FN6O3S/c1-28(2,3)41(39,40)36-24-15-19(6-8-21(24)29)33-26-22(30)16-32-27(35-26)34-18-5-7-20(23(31)14-18)25(38)13-17-9-11-37(4)12-10-17/h5-8,14-17,36H,9-13H2,1-4H3,(H2,32,33,34,35). The minimum absolute atomic E-state index is 0.0643. The Bertz CT molecular complexity index is 1540. The summed E-state index contributed by atoms with van der Waals surface area (Å²) in [5.74, 6) is -0.206. The van der Waals surface area contributed by atoms with Crippen molar-refractivity contribution in [3.05, 3.63) is 64.0 Å². The van der Waals surface area contributed by atoms with Crippen LogP contribution in [0.3, 0.4) is 0 Å². The summed E-state index contributed by atoms with van der Waals surface area (Å²) in [4.78, 5) is 23.5. The molecule has 9 nitrogen and oxygen atoms in total. The van der Waals surface area contributed by atoms with Crippen LogP contribution in [-0.4, -0.2) is 54.0 Å². The summed E-state index contributed by atoms with van der Waals surface area (Å²) in [6.07, 6.45) is 3.56. The molecule has 0 unspecified atom stereocenters. The SMILES string of the molecule is CN1CCC(CC(=O)c2ccc(Nc3ncc(Cl)c(Nc4ccc(Cl)c(NS(=O)(=O)C(C)(C)C)c4)n3)cc2F)CC1. The molecule has 1 aliphatic rings. The highest BCUT2D eigenvalue weighted by atomic mass is 35.5. The summed E-state index contributed by atoms with van der Waals surface area (Å²) in [6.45, 7) is 6.61. The van der Waals surface area contributed by atoms with Crippen molar-refractivity contribution in [1.82, 2.24) is 14.9 Å². The van der Waals surface area contributed by atoms with E-state index in [1.54, 1.807) is 32.9 Å². The monoisotopic (exact) mass is 622 g/mol. The Morgan fingerprint density at radius 2 is 1.71 bits per heavy atom. The van der Waals surface area contributed by atoms with E-state index in [0.717, 1.165) is 25.9 Å². The number of halogens is 3. The number of hydrogen-bond acceptors (Lipinski definition) is 8. The van der Waals surface area contributed by atoms with Crippen LogP contribution in [0.2, 0.25) is 10.0 Å². The van der Waals surface area contributed by atoms with Gasteiger partial charge in [0, 0.05) is 17.8 Å². The summed E-state index contributed by atoms with van der Waals surface area (Å²) in [5.41, 5.74) is 1.08. The highest BCUT2D eigenvalue weighted by Crippen LogP contribution is 2.32. The van der Waals surface area contributed by atoms with Gasteiger partial charge in [-0.25, -0.2) is 17.8 Å². The highest BCUT2D eigenvalue weighted by Gasteiger charge is 2.29. The van der Waals surface area contributed by atoms with Gasteiger partial charge in [0.2, 0.25) is 16.0 Å². The zero-order valence-electron chi connectivity index (χ0n) is 23.3. The van der Waals surface area contributed by atoms with E-state index in [9.17, 15) is 17.6 Å². The van der Waals surface area contributed by atoms with Crippen LogP contribution in [0.4, 0.5) is 33.2 Å². The van der Waals surface area contributed by atoms with Crippen molar-refractivity contribution in [3.8, 4) is 0 Å². The molecule has 4 rings (SSSR count). The summed E-state index contributed by atoms with van der Waals surface area (Å²) < 4.78 is 41.6. The van der Waals surface area contributed by atoms with Gasteiger partial charge in [0.25, 0.3) is 0 Å². The molecule has 2 aromatic carbocycles. The molecule has 1 fully saturated rings. The van der Waals surface area contributed by atoms with Crippen LogP contribution >= 0.6 is 23.2 Å². The number of hydrogen-bond donors (Lipinski definition) is 3. The maximum absolute atomic E-state index is 14.9. The Labute approximate surface area is 249 Å². The number of nitrogens with one attached hydrogen (secondary N) is 3. The lowest BCUT2D eigenvalue weighted by Crippen LogP contribution is -2.33. The lowest BCUT2D eigenvalue weighted by atomic mass is 9.90. The first kappa shape index (κ1) is 31.0. The van der Waals surface area contributed by atoms with Crippen molar-refractivity contribution in [2.24, 2.45) is 5.92 Å². The molecular weight excluding hydrogens is 590 g/mol. The fraction of sp³-hybridized carbons (Fsp3) is 0.393. The fourth-order valence-electron chi connectivity index (χ4n) is 4.22. The minimum atomic E-state index is -3.71. The molecule has 0 radical (unpaired) electrons. The van der Waals surface area contributed by atoms with Gasteiger partial charge >= 0.3 is 0 Å². The first-order valence-electron chi connectivity index (χ1n) is 13.1. The van der Waals surface area contributed by atoms with E-state index in [2.05, 4.69) is 37.3 Å². The summed E-state index contributed by atoms with van der Waals surface area (Å²) in [7, 11) is -1.65. The Hall–Kier alpha value is -2.99. The van der Waals surface area contributed by atoms with Crippen molar-refractivity contribution >= 4 is 67.8 Å². The number of carbonyl (C=O) groups is 1. The van der Waals surface area contributed by atoms with Crippen LogP contribution in [0, 0.1) is 11.7 Å². The molecule has 0 amide bonds. The largest absolute Gasteiger partial charge is 0.339 e. The number of Topliss-reactive ketones (excluding diaryl/α,β-unsaturated/α-hetero) is 1. The zero-order valence-corrected chi connectivity index (χ0v) is 25.6. The molecular formula is C28H33Cl2FN6O3S. The number of nitrogens with zero attached hydrogens (tertiary/aromatic N) is 3. The van der Waals surface area contributed by atoms with Gasteiger partial charge in [-0.05, 0) is 96.1 Å². The lowest BCUT2D eigenvalue weighted by molar-refractivity contribution is 0.0932. The summed E-state index contributed by atoms with van der Waals surface area (Å²) in [5, 5.41) is 6.37. The second-order valence-corrected chi connectivity index (χ2v) is 14.4. The molecule has 13 heteroatoms. The average Bonchev–Trinajstić information content (AvgIpc) is 2.88. The van der Waals surface area contributed by atoms with Crippen LogP contribution in [-0.2, 0) is 10.0 Å². The van der Waals surface area contributed by atoms with E-state index in [4.69, 9.17) is 23.2 Å². The van der Waals surface area contributed by atoms with Gasteiger partial charge in [0.1, 0.15) is 10.8 Å². The van der Waals surface area contributed by atoms with Crippen molar-refractivity contribution in [1.29, 1.82) is 0 Å². The number of ketones is 1. The molecule has 3 N–H and O–H groups in total. The summed E-state index contributed by atoms with van der Waals surface area (Å²) in [6, 6.07) is 9.00. The first-order chi connectivity index (χ1) is 19.2. The molecule has 1 aromatic heterocycles. The van der Waals surface area contributed by atoms with Crippen LogP contribution in [0.1, 0.15) is 50.4 Å². The van der Waals surface area contributed by atoms with E-state index in [-0.39, 0.29) is 44.8 Å². The predicted molar refractivity (Wildman–Crippen MR) is 163 cm³/mol. The van der Waals surface area contributed by atoms with Crippen LogP contribution in [0.25, 0.3) is 0 Å². The number of anilines is 5. The fourth-order valence-corrected chi connectivity index (χ4v) is 5.34. The Morgan fingerprint density at radius 1 is 1.05 bits per heavy atom. The van der Waals surface area contributed by atoms with E-state index in [1.807, 2.05) is 0 Å². The van der Waals surface area contributed by atoms with Crippen molar-refractivity contribution < 1.29 is 17.6 Å². The average molecular weight is 624 g/mol. The van der Waals surface area contributed by atoms with E-state index in [1.165, 1.54) is 30.5 Å². The zero-order chi connectivity index (χ0) is 29.9. The number of benzene rings is 2. The lowest BCUT2D eigenvalue weighted by Gasteiger charge is -2.28. The Morgan fingerprint density at radius 3 is 2.37 bits per heavy atom. The van der Waals surface area contributed by atoms with Gasteiger partial charge in [-0.3, -0.25) is 9.52 Å². The number of piperidine rings is 1. The van der Waals surface area contributed by atoms with E-state index < -0.39 is 20.6 Å². The molecule has 41 heavy (non-hydrogen) atoms. The molecule has 2 heterocycles. The van der Waals surface area contributed by atoms with Crippen molar-refractivity contribution in [2.75, 3.05) is 35.5 Å². The van der Waals surface area contributed by atoms with Crippen molar-refractivity contribution in [3.63, 3.8) is 0 Å². The van der Waals surface area contributed by atoms with Crippen LogP contribution < -0.4 is 15.4 Å². The maximum Gasteiger partial charge on any atom is 0.237 e. The smallest absolute Gasteiger partial charge is 0.237 e. The maximum atomic E-state index is 14.9. The predicted octanol–water partition coefficient (Wildman–Crippen LogP) is 6.86. The van der Waals surface area contributed by atoms with E-state index in [0.29, 0.717) is 17.8 Å². The highest BCUT2D eigenvalue weighted by molar-refractivity contribution is 7.94. The third-order valence-corrected chi connectivity index (χ3v) is 9.57. The second-order valence-electron chi connectivity index (χ2n) is 11.1. The molecule has 0 spiro atoms. The quantitative estimate of drug-likeness (QED) is 0.221. The molecule has 0 atom stereocenters. The second kappa shape index (κ2) is 12.5. The van der Waals surface area contributed by atoms with Gasteiger partial charge in [0.05, 0.1) is 27.2 Å². The van der Waals surface area contributed by atoms with Gasteiger partial charge in [-0.15, -0.1) is 0 Å². The first-order valence-corrected chi connectivity index (χ1v) is 15.4. The third-order valence-electron chi connectivity index (χ3n) is 6.86. The molecule has 1 aliphatic heterocycles. The summed E-state index contributed by atoms with van der Waals surface area (Å²) >= 11 is 12.5. The minimum Gasteiger partial charge on any atom is -0.339 e. The van der Waals surface area contributed by atoms with Crippen molar-refractivity contribution in [2.45, 2.75) is 44.8 Å². The molecule has 0 saturated carbocycles. The van der Waals surface area contributed by atoms with Gasteiger partial charge < -0.3 is 15.5 Å². The topological polar surface area (TPSA) is 116 Å². The third kappa shape index (κ3) is 7.85. The van der Waals surface area contributed by atoms with Crippen LogP contribution in [0.5, 0.6) is 0 Å². The number of likely N-dealkylation sites (tertiary alicyclic amines) is 1. The Kier molecular flexibility index (Phi) is 9.42. The van der Waals surface area contributed by atoms with Gasteiger partial charge in [-0.1, -0.05) is 23.2 Å². The number of sulfonamides is 1. The Balaban J connectivity index is 1.46.